The molecule has 2 heterocycles. The zero-order chi connectivity index (χ0) is 13.0. The molecular formula is C13H17FN2O2. The average Bonchev–Trinajstić information content (AvgIpc) is 2.38. The molecule has 18 heavy (non-hydrogen) atoms. The fourth-order valence-corrected chi connectivity index (χ4v) is 2.36. The first-order valence-corrected chi connectivity index (χ1v) is 6.08. The number of likely N-dealkylation sites (tertiary alicyclic amines) is 1. The number of pyridine rings is 1. The quantitative estimate of drug-likeness (QED) is 0.766. The van der Waals surface area contributed by atoms with Gasteiger partial charge in [-0.2, -0.15) is 0 Å². The Morgan fingerprint density at radius 3 is 3.17 bits per heavy atom. The number of aromatic nitrogens is 1. The molecule has 0 bridgehead atoms. The molecule has 0 unspecified atom stereocenters. The zero-order valence-electron chi connectivity index (χ0n) is 10.4. The summed E-state index contributed by atoms with van der Waals surface area (Å²) in [7, 11) is 1.41. The minimum Gasteiger partial charge on any atom is -0.469 e. The average molecular weight is 252 g/mol. The summed E-state index contributed by atoms with van der Waals surface area (Å²) in [4.78, 5) is 17.5. The third-order valence-electron chi connectivity index (χ3n) is 3.21. The molecule has 0 amide bonds. The van der Waals surface area contributed by atoms with Crippen LogP contribution in [-0.2, 0) is 16.1 Å². The summed E-state index contributed by atoms with van der Waals surface area (Å²) in [6.07, 6.45) is 4.68. The van der Waals surface area contributed by atoms with Crippen molar-refractivity contribution in [3.63, 3.8) is 0 Å². The van der Waals surface area contributed by atoms with E-state index in [9.17, 15) is 9.18 Å². The van der Waals surface area contributed by atoms with E-state index in [1.807, 2.05) is 0 Å². The molecule has 0 radical (unpaired) electrons. The van der Waals surface area contributed by atoms with Gasteiger partial charge in [0.25, 0.3) is 0 Å². The van der Waals surface area contributed by atoms with E-state index < -0.39 is 0 Å². The maximum atomic E-state index is 13.0. The molecule has 1 aromatic rings. The molecule has 2 rings (SSSR count). The highest BCUT2D eigenvalue weighted by Crippen LogP contribution is 2.19. The van der Waals surface area contributed by atoms with Crippen molar-refractivity contribution in [2.24, 2.45) is 5.92 Å². The lowest BCUT2D eigenvalue weighted by Gasteiger charge is -2.31. The Kier molecular flexibility index (Phi) is 4.25. The molecule has 0 aliphatic carbocycles. The Labute approximate surface area is 106 Å². The van der Waals surface area contributed by atoms with Crippen LogP contribution in [0.2, 0.25) is 0 Å². The molecule has 1 fully saturated rings. The van der Waals surface area contributed by atoms with Crippen molar-refractivity contribution in [2.45, 2.75) is 19.4 Å². The molecule has 98 valence electrons. The van der Waals surface area contributed by atoms with Gasteiger partial charge in [0.1, 0.15) is 5.82 Å². The van der Waals surface area contributed by atoms with Gasteiger partial charge in [0.15, 0.2) is 0 Å². The van der Waals surface area contributed by atoms with E-state index in [2.05, 4.69) is 9.88 Å². The smallest absolute Gasteiger partial charge is 0.309 e. The first-order valence-electron chi connectivity index (χ1n) is 6.08. The van der Waals surface area contributed by atoms with E-state index in [0.29, 0.717) is 13.1 Å². The van der Waals surface area contributed by atoms with Gasteiger partial charge in [-0.25, -0.2) is 4.39 Å². The van der Waals surface area contributed by atoms with Gasteiger partial charge in [-0.1, -0.05) is 0 Å². The minimum absolute atomic E-state index is 0.0646. The lowest BCUT2D eigenvalue weighted by Crippen LogP contribution is -2.38. The summed E-state index contributed by atoms with van der Waals surface area (Å²) in [6, 6.07) is 1.48. The van der Waals surface area contributed by atoms with Crippen LogP contribution in [0.3, 0.4) is 0 Å². The molecule has 4 nitrogen and oxygen atoms in total. The van der Waals surface area contributed by atoms with Gasteiger partial charge in [0, 0.05) is 19.3 Å². The lowest BCUT2D eigenvalue weighted by atomic mass is 9.98. The Morgan fingerprint density at radius 2 is 2.44 bits per heavy atom. The highest BCUT2D eigenvalue weighted by Gasteiger charge is 2.26. The summed E-state index contributed by atoms with van der Waals surface area (Å²) < 4.78 is 17.8. The summed E-state index contributed by atoms with van der Waals surface area (Å²) in [5.41, 5.74) is 0.834. The van der Waals surface area contributed by atoms with Gasteiger partial charge in [-0.3, -0.25) is 14.7 Å². The number of hydrogen-bond acceptors (Lipinski definition) is 4. The van der Waals surface area contributed by atoms with Crippen molar-refractivity contribution in [2.75, 3.05) is 20.2 Å². The third kappa shape index (κ3) is 3.26. The van der Waals surface area contributed by atoms with Crippen LogP contribution in [0, 0.1) is 11.7 Å². The molecule has 1 aliphatic rings. The molecular weight excluding hydrogens is 235 g/mol. The van der Waals surface area contributed by atoms with Crippen molar-refractivity contribution < 1.29 is 13.9 Å². The molecule has 0 saturated carbocycles. The third-order valence-corrected chi connectivity index (χ3v) is 3.21. The Morgan fingerprint density at radius 1 is 1.61 bits per heavy atom. The number of carbonyl (C=O) groups is 1. The van der Waals surface area contributed by atoms with Crippen LogP contribution in [0.25, 0.3) is 0 Å². The minimum atomic E-state index is -0.325. The van der Waals surface area contributed by atoms with Crippen LogP contribution >= 0.6 is 0 Å². The van der Waals surface area contributed by atoms with Crippen LogP contribution < -0.4 is 0 Å². The summed E-state index contributed by atoms with van der Waals surface area (Å²) in [6.45, 7) is 2.21. The maximum absolute atomic E-state index is 13.0. The highest BCUT2D eigenvalue weighted by atomic mass is 19.1. The molecule has 0 N–H and O–H groups in total. The fraction of sp³-hybridized carbons (Fsp3) is 0.538. The molecule has 5 heteroatoms. The molecule has 1 aliphatic heterocycles. The summed E-state index contributed by atoms with van der Waals surface area (Å²) in [5, 5.41) is 0. The Hall–Kier alpha value is -1.49. The van der Waals surface area contributed by atoms with Crippen LogP contribution in [0.1, 0.15) is 18.4 Å². The summed E-state index contributed by atoms with van der Waals surface area (Å²) >= 11 is 0. The van der Waals surface area contributed by atoms with E-state index in [0.717, 1.165) is 24.9 Å². The Bertz CT molecular complexity index is 425. The second-order valence-corrected chi connectivity index (χ2v) is 4.61. The van der Waals surface area contributed by atoms with E-state index in [1.54, 1.807) is 6.20 Å². The van der Waals surface area contributed by atoms with E-state index in [-0.39, 0.29) is 17.7 Å². The lowest BCUT2D eigenvalue weighted by molar-refractivity contribution is -0.147. The SMILES string of the molecule is COC(=O)[C@H]1CCCN(Cc2cncc(F)c2)C1. The number of esters is 1. The van der Waals surface area contributed by atoms with Crippen LogP contribution in [0.15, 0.2) is 18.5 Å². The molecule has 0 aromatic carbocycles. The second kappa shape index (κ2) is 5.91. The van der Waals surface area contributed by atoms with Gasteiger partial charge in [-0.15, -0.1) is 0 Å². The van der Waals surface area contributed by atoms with Crippen LogP contribution in [0.5, 0.6) is 0 Å². The number of nitrogens with zero attached hydrogens (tertiary/aromatic N) is 2. The van der Waals surface area contributed by atoms with Crippen LogP contribution in [-0.4, -0.2) is 36.1 Å². The topological polar surface area (TPSA) is 42.4 Å². The van der Waals surface area contributed by atoms with E-state index in [1.165, 1.54) is 19.4 Å². The van der Waals surface area contributed by atoms with Gasteiger partial charge in [0.05, 0.1) is 19.2 Å². The molecule has 1 aromatic heterocycles. The second-order valence-electron chi connectivity index (χ2n) is 4.61. The summed E-state index contributed by atoms with van der Waals surface area (Å²) in [5.74, 6) is -0.545. The van der Waals surface area contributed by atoms with E-state index in [4.69, 9.17) is 4.74 Å². The number of piperidine rings is 1. The van der Waals surface area contributed by atoms with Crippen molar-refractivity contribution in [3.05, 3.63) is 29.8 Å². The van der Waals surface area contributed by atoms with Crippen LogP contribution in [0.4, 0.5) is 4.39 Å². The van der Waals surface area contributed by atoms with Crippen molar-refractivity contribution >= 4 is 5.97 Å². The van der Waals surface area contributed by atoms with Crippen molar-refractivity contribution in [1.82, 2.24) is 9.88 Å². The predicted molar refractivity (Wildman–Crippen MR) is 64.2 cm³/mol. The normalized spacial score (nSPS) is 20.7. The first kappa shape index (κ1) is 13.0. The number of rotatable bonds is 3. The van der Waals surface area contributed by atoms with Crippen molar-refractivity contribution in [3.8, 4) is 0 Å². The zero-order valence-corrected chi connectivity index (χ0v) is 10.4. The molecule has 1 saturated heterocycles. The number of halogens is 1. The number of carbonyl (C=O) groups excluding carboxylic acids is 1. The van der Waals surface area contributed by atoms with Gasteiger partial charge in [-0.05, 0) is 31.0 Å². The largest absolute Gasteiger partial charge is 0.469 e. The van der Waals surface area contributed by atoms with Gasteiger partial charge >= 0.3 is 5.97 Å². The number of hydrogen-bond donors (Lipinski definition) is 0. The molecule has 1 atom stereocenters. The van der Waals surface area contributed by atoms with Gasteiger partial charge in [0.2, 0.25) is 0 Å². The number of ether oxygens (including phenoxy) is 1. The monoisotopic (exact) mass is 252 g/mol. The standard InChI is InChI=1S/C13H17FN2O2/c1-18-13(17)11-3-2-4-16(9-11)8-10-5-12(14)7-15-6-10/h5-7,11H,2-4,8-9H2,1H3/t11-/m0/s1. The fourth-order valence-electron chi connectivity index (χ4n) is 2.36. The van der Waals surface area contributed by atoms with Crippen molar-refractivity contribution in [1.29, 1.82) is 0 Å². The number of methoxy groups -OCH3 is 1. The predicted octanol–water partition coefficient (Wildman–Crippen LogP) is 1.61. The maximum Gasteiger partial charge on any atom is 0.309 e. The van der Waals surface area contributed by atoms with E-state index >= 15 is 0 Å². The van der Waals surface area contributed by atoms with Gasteiger partial charge < -0.3 is 4.74 Å². The first-order chi connectivity index (χ1) is 8.69. The highest BCUT2D eigenvalue weighted by molar-refractivity contribution is 5.72. The Balaban J connectivity index is 1.95. The molecule has 0 spiro atoms.